The SMILES string of the molecule is CC(C)=CCC(O)C(CO)C1CCC2(C)C3=C(CCC12C)C1(C)CCC(O)C(C)(C)C1CC3. The first-order chi connectivity index (χ1) is 15.3. The second kappa shape index (κ2) is 8.49. The average molecular weight is 459 g/mol. The highest BCUT2D eigenvalue weighted by Crippen LogP contribution is 2.72. The lowest BCUT2D eigenvalue weighted by Gasteiger charge is -2.62. The van der Waals surface area contributed by atoms with Gasteiger partial charge in [-0.3, -0.25) is 0 Å². The number of aliphatic hydroxyl groups excluding tert-OH is 3. The molecule has 0 saturated heterocycles. The van der Waals surface area contributed by atoms with Crippen LogP contribution in [0.1, 0.15) is 106 Å². The Balaban J connectivity index is 1.68. The number of rotatable bonds is 5. The summed E-state index contributed by atoms with van der Waals surface area (Å²) in [5.74, 6) is 0.858. The van der Waals surface area contributed by atoms with E-state index in [1.165, 1.54) is 18.4 Å². The highest BCUT2D eigenvalue weighted by Gasteiger charge is 2.63. The summed E-state index contributed by atoms with van der Waals surface area (Å²) in [6, 6.07) is 0. The topological polar surface area (TPSA) is 60.7 Å². The van der Waals surface area contributed by atoms with Gasteiger partial charge in [0, 0.05) is 12.5 Å². The summed E-state index contributed by atoms with van der Waals surface area (Å²) in [6.45, 7) is 16.3. The average Bonchev–Trinajstić information content (AvgIpc) is 3.02. The van der Waals surface area contributed by atoms with Crippen LogP contribution in [-0.2, 0) is 0 Å². The van der Waals surface area contributed by atoms with E-state index in [9.17, 15) is 15.3 Å². The Morgan fingerprint density at radius 3 is 2.30 bits per heavy atom. The number of fused-ring (bicyclic) bond motifs is 4. The predicted octanol–water partition coefficient (Wildman–Crippen LogP) is 6.42. The third-order valence-electron chi connectivity index (χ3n) is 11.8. The van der Waals surface area contributed by atoms with Crippen molar-refractivity contribution in [2.75, 3.05) is 6.61 Å². The predicted molar refractivity (Wildman–Crippen MR) is 136 cm³/mol. The summed E-state index contributed by atoms with van der Waals surface area (Å²) in [4.78, 5) is 0. The van der Waals surface area contributed by atoms with E-state index in [4.69, 9.17) is 0 Å². The Kier molecular flexibility index (Phi) is 6.55. The molecule has 0 bridgehead atoms. The van der Waals surface area contributed by atoms with E-state index in [1.807, 2.05) is 0 Å². The smallest absolute Gasteiger partial charge is 0.0627 e. The molecule has 3 N–H and O–H groups in total. The van der Waals surface area contributed by atoms with Crippen LogP contribution in [0, 0.1) is 39.4 Å². The molecule has 3 nitrogen and oxygen atoms in total. The van der Waals surface area contributed by atoms with Gasteiger partial charge in [0.05, 0.1) is 12.2 Å². The summed E-state index contributed by atoms with van der Waals surface area (Å²) >= 11 is 0. The van der Waals surface area contributed by atoms with Gasteiger partial charge in [0.2, 0.25) is 0 Å². The fourth-order valence-corrected chi connectivity index (χ4v) is 9.45. The maximum atomic E-state index is 11.1. The van der Waals surface area contributed by atoms with Crippen molar-refractivity contribution in [3.63, 3.8) is 0 Å². The van der Waals surface area contributed by atoms with Crippen LogP contribution in [0.3, 0.4) is 0 Å². The Morgan fingerprint density at radius 2 is 1.67 bits per heavy atom. The van der Waals surface area contributed by atoms with Crippen molar-refractivity contribution < 1.29 is 15.3 Å². The molecule has 8 atom stereocenters. The number of aliphatic hydroxyl groups is 3. The van der Waals surface area contributed by atoms with Crippen LogP contribution in [0.2, 0.25) is 0 Å². The van der Waals surface area contributed by atoms with Crippen molar-refractivity contribution in [1.29, 1.82) is 0 Å². The van der Waals surface area contributed by atoms with Crippen LogP contribution in [0.15, 0.2) is 22.8 Å². The molecular formula is C30H50O3. The van der Waals surface area contributed by atoms with E-state index in [0.29, 0.717) is 18.3 Å². The van der Waals surface area contributed by atoms with Gasteiger partial charge in [-0.2, -0.15) is 0 Å². The molecule has 0 aromatic rings. The van der Waals surface area contributed by atoms with Crippen LogP contribution in [0.25, 0.3) is 0 Å². The summed E-state index contributed by atoms with van der Waals surface area (Å²) in [6.07, 6.45) is 11.0. The zero-order valence-corrected chi connectivity index (χ0v) is 22.4. The van der Waals surface area contributed by atoms with Gasteiger partial charge in [0.25, 0.3) is 0 Å². The zero-order valence-electron chi connectivity index (χ0n) is 22.4. The molecule has 4 aliphatic carbocycles. The van der Waals surface area contributed by atoms with Gasteiger partial charge in [0.1, 0.15) is 0 Å². The second-order valence-corrected chi connectivity index (χ2v) is 13.7. The number of hydrogen-bond acceptors (Lipinski definition) is 3. The molecule has 0 spiro atoms. The third kappa shape index (κ3) is 3.62. The molecule has 0 radical (unpaired) electrons. The molecule has 0 aliphatic heterocycles. The van der Waals surface area contributed by atoms with Crippen molar-refractivity contribution >= 4 is 0 Å². The molecule has 0 heterocycles. The normalized spacial score (nSPS) is 43.9. The molecular weight excluding hydrogens is 408 g/mol. The first kappa shape index (κ1) is 25.5. The molecule has 4 aliphatic rings. The standard InChI is InChI=1S/C30H50O3/c1-19(2)8-10-24(32)20(18-31)21-12-16-30(7)23-9-11-25-27(3,4)26(33)14-15-28(25,5)22(23)13-17-29(21,30)6/h8,20-21,24-26,31-33H,9-18H2,1-7H3. The number of hydrogen-bond donors (Lipinski definition) is 3. The highest BCUT2D eigenvalue weighted by molar-refractivity contribution is 5.38. The lowest BCUT2D eigenvalue weighted by Crippen LogP contribution is -2.55. The van der Waals surface area contributed by atoms with Gasteiger partial charge in [-0.1, -0.05) is 57.4 Å². The van der Waals surface area contributed by atoms with Gasteiger partial charge < -0.3 is 15.3 Å². The van der Waals surface area contributed by atoms with Gasteiger partial charge in [0.15, 0.2) is 0 Å². The first-order valence-corrected chi connectivity index (χ1v) is 13.7. The maximum absolute atomic E-state index is 11.1. The Labute approximate surface area is 202 Å². The van der Waals surface area contributed by atoms with Gasteiger partial charge in [-0.05, 0) is 105 Å². The summed E-state index contributed by atoms with van der Waals surface area (Å²) < 4.78 is 0. The van der Waals surface area contributed by atoms with Gasteiger partial charge in [-0.25, -0.2) is 0 Å². The van der Waals surface area contributed by atoms with E-state index in [-0.39, 0.29) is 40.3 Å². The van der Waals surface area contributed by atoms with Gasteiger partial charge in [-0.15, -0.1) is 0 Å². The van der Waals surface area contributed by atoms with E-state index in [0.717, 1.165) is 38.5 Å². The molecule has 2 fully saturated rings. The minimum atomic E-state index is -0.474. The van der Waals surface area contributed by atoms with E-state index in [2.05, 4.69) is 54.5 Å². The molecule has 3 heteroatoms. The van der Waals surface area contributed by atoms with Crippen molar-refractivity contribution in [2.24, 2.45) is 39.4 Å². The summed E-state index contributed by atoms with van der Waals surface area (Å²) in [5, 5.41) is 32.3. The maximum Gasteiger partial charge on any atom is 0.0627 e. The monoisotopic (exact) mass is 458 g/mol. The fourth-order valence-electron chi connectivity index (χ4n) is 9.45. The Bertz CT molecular complexity index is 820. The van der Waals surface area contributed by atoms with Crippen LogP contribution in [-0.4, -0.2) is 34.1 Å². The van der Waals surface area contributed by atoms with Crippen molar-refractivity contribution in [2.45, 2.75) is 118 Å². The quantitative estimate of drug-likeness (QED) is 0.416. The van der Waals surface area contributed by atoms with E-state index in [1.54, 1.807) is 11.1 Å². The van der Waals surface area contributed by atoms with Crippen molar-refractivity contribution in [3.05, 3.63) is 22.8 Å². The minimum Gasteiger partial charge on any atom is -0.396 e. The lowest BCUT2D eigenvalue weighted by molar-refractivity contribution is -0.0979. The van der Waals surface area contributed by atoms with Crippen molar-refractivity contribution in [3.8, 4) is 0 Å². The minimum absolute atomic E-state index is 0.0254. The Morgan fingerprint density at radius 1 is 0.970 bits per heavy atom. The number of allylic oxidation sites excluding steroid dienone is 3. The van der Waals surface area contributed by atoms with Crippen molar-refractivity contribution in [1.82, 2.24) is 0 Å². The largest absolute Gasteiger partial charge is 0.396 e. The van der Waals surface area contributed by atoms with Gasteiger partial charge >= 0.3 is 0 Å². The zero-order chi connectivity index (χ0) is 24.4. The fraction of sp³-hybridized carbons (Fsp3) is 0.867. The molecule has 33 heavy (non-hydrogen) atoms. The molecule has 0 amide bonds. The molecule has 4 rings (SSSR count). The molecule has 0 aromatic heterocycles. The summed E-state index contributed by atoms with van der Waals surface area (Å²) in [5.41, 5.74) is 5.14. The lowest BCUT2D eigenvalue weighted by atomic mass is 9.43. The summed E-state index contributed by atoms with van der Waals surface area (Å²) in [7, 11) is 0. The van der Waals surface area contributed by atoms with Crippen LogP contribution in [0.4, 0.5) is 0 Å². The third-order valence-corrected chi connectivity index (χ3v) is 11.8. The van der Waals surface area contributed by atoms with Crippen LogP contribution >= 0.6 is 0 Å². The van der Waals surface area contributed by atoms with E-state index < -0.39 is 6.10 Å². The first-order valence-electron chi connectivity index (χ1n) is 13.7. The van der Waals surface area contributed by atoms with Crippen LogP contribution < -0.4 is 0 Å². The molecule has 8 unspecified atom stereocenters. The molecule has 2 saturated carbocycles. The van der Waals surface area contributed by atoms with E-state index >= 15 is 0 Å². The molecule has 188 valence electrons. The molecule has 0 aromatic carbocycles. The van der Waals surface area contributed by atoms with Crippen LogP contribution in [0.5, 0.6) is 0 Å². The second-order valence-electron chi connectivity index (χ2n) is 13.7. The highest BCUT2D eigenvalue weighted by atomic mass is 16.3. The Hall–Kier alpha value is -0.640.